The highest BCUT2D eigenvalue weighted by Crippen LogP contribution is 2.05. The zero-order valence-corrected chi connectivity index (χ0v) is 9.57. The third-order valence-electron chi connectivity index (χ3n) is 2.02. The van der Waals surface area contributed by atoms with E-state index in [1.54, 1.807) is 24.5 Å². The molecule has 0 atom stereocenters. The Hall–Kier alpha value is -0.900. The molecule has 0 radical (unpaired) electrons. The molecule has 1 aliphatic heterocycles. The fourth-order valence-electron chi connectivity index (χ4n) is 1.34. The maximum atomic E-state index is 11.1. The summed E-state index contributed by atoms with van der Waals surface area (Å²) in [5.74, 6) is 0. The third kappa shape index (κ3) is 1.91. The number of hydrogen-bond acceptors (Lipinski definition) is 3. The number of nitrogens with zero attached hydrogens (tertiary/aromatic N) is 1. The summed E-state index contributed by atoms with van der Waals surface area (Å²) in [7, 11) is 0. The topological polar surface area (TPSA) is 32.3 Å². The van der Waals surface area contributed by atoms with Gasteiger partial charge in [0.1, 0.15) is 0 Å². The van der Waals surface area contributed by atoms with Crippen molar-refractivity contribution in [2.24, 2.45) is 0 Å². The van der Waals surface area contributed by atoms with Crippen LogP contribution in [0.15, 0.2) is 12.1 Å². The van der Waals surface area contributed by atoms with Crippen LogP contribution in [0.5, 0.6) is 0 Å². The predicted molar refractivity (Wildman–Crippen MR) is 60.6 cm³/mol. The lowest BCUT2D eigenvalue weighted by Crippen LogP contribution is -2.41. The Bertz CT molecular complexity index is 541. The van der Waals surface area contributed by atoms with Crippen LogP contribution in [-0.2, 0) is 0 Å². The Morgan fingerprint density at radius 2 is 2.07 bits per heavy atom. The van der Waals surface area contributed by atoms with E-state index in [1.807, 2.05) is 0 Å². The number of benzene rings is 1. The van der Waals surface area contributed by atoms with Crippen LogP contribution in [0, 0.1) is 0 Å². The molecule has 1 aliphatic rings. The number of fused-ring (bicyclic) bond motifs is 1. The summed E-state index contributed by atoms with van der Waals surface area (Å²) in [6.45, 7) is 0. The minimum atomic E-state index is -0.542. The summed E-state index contributed by atoms with van der Waals surface area (Å²) in [6.07, 6.45) is 3.15. The number of rotatable bonds is 1. The summed E-state index contributed by atoms with van der Waals surface area (Å²) >= 11 is 17.1. The molecule has 0 aromatic heterocycles. The molecule has 1 N–H and O–H groups in total. The molecule has 0 fully saturated rings. The Labute approximate surface area is 101 Å². The SMILES string of the molecule is O=C(Cl)c1ccc(Cl)c2c1=CN(Cl)NC=2. The van der Waals surface area contributed by atoms with E-state index in [1.165, 1.54) is 4.53 Å². The number of hydrazine groups is 1. The molecule has 0 bridgehead atoms. The van der Waals surface area contributed by atoms with Crippen LogP contribution < -0.4 is 15.9 Å². The van der Waals surface area contributed by atoms with Gasteiger partial charge < -0.3 is 0 Å². The molecule has 1 aromatic rings. The Balaban J connectivity index is 2.85. The van der Waals surface area contributed by atoms with Gasteiger partial charge in [0.05, 0.1) is 5.02 Å². The molecule has 1 heterocycles. The van der Waals surface area contributed by atoms with Crippen LogP contribution in [0.3, 0.4) is 0 Å². The molecule has 0 spiro atoms. The van der Waals surface area contributed by atoms with Gasteiger partial charge in [0, 0.05) is 40.2 Å². The summed E-state index contributed by atoms with van der Waals surface area (Å²) in [4.78, 5) is 11.1. The maximum absolute atomic E-state index is 11.1. The van der Waals surface area contributed by atoms with Crippen molar-refractivity contribution in [3.63, 3.8) is 0 Å². The number of carbonyl (C=O) groups excluding carboxylic acids is 1. The van der Waals surface area contributed by atoms with Crippen LogP contribution in [0.1, 0.15) is 10.4 Å². The number of carbonyl (C=O) groups is 1. The normalized spacial score (nSPS) is 13.4. The van der Waals surface area contributed by atoms with Crippen LogP contribution >= 0.6 is 35.0 Å². The first kappa shape index (κ1) is 10.6. The van der Waals surface area contributed by atoms with Crippen molar-refractivity contribution >= 4 is 52.6 Å². The largest absolute Gasteiger partial charge is 0.291 e. The minimum absolute atomic E-state index is 0.375. The molecule has 6 heteroatoms. The van der Waals surface area contributed by atoms with Gasteiger partial charge in [-0.3, -0.25) is 10.2 Å². The predicted octanol–water partition coefficient (Wildman–Crippen LogP) is 1.17. The van der Waals surface area contributed by atoms with Gasteiger partial charge in [0.25, 0.3) is 5.24 Å². The zero-order valence-electron chi connectivity index (χ0n) is 7.30. The zero-order chi connectivity index (χ0) is 11.0. The fourth-order valence-corrected chi connectivity index (χ4v) is 1.87. The molecule has 0 saturated carbocycles. The molecule has 15 heavy (non-hydrogen) atoms. The van der Waals surface area contributed by atoms with E-state index < -0.39 is 5.24 Å². The van der Waals surface area contributed by atoms with Crippen LogP contribution in [0.4, 0.5) is 0 Å². The highest BCUT2D eigenvalue weighted by molar-refractivity contribution is 6.67. The van der Waals surface area contributed by atoms with E-state index in [0.717, 1.165) is 0 Å². The molecule has 0 unspecified atom stereocenters. The molecule has 0 aliphatic carbocycles. The van der Waals surface area contributed by atoms with Crippen LogP contribution in [-0.4, -0.2) is 9.77 Å². The van der Waals surface area contributed by atoms with Gasteiger partial charge in [-0.05, 0) is 23.7 Å². The molecule has 0 saturated heterocycles. The lowest BCUT2D eigenvalue weighted by Gasteiger charge is -2.15. The summed E-state index contributed by atoms with van der Waals surface area (Å²) in [5, 5.41) is 1.29. The lowest BCUT2D eigenvalue weighted by molar-refractivity contribution is 0.108. The lowest BCUT2D eigenvalue weighted by atomic mass is 10.1. The van der Waals surface area contributed by atoms with Gasteiger partial charge in [-0.15, -0.1) is 0 Å². The maximum Gasteiger partial charge on any atom is 0.253 e. The quantitative estimate of drug-likeness (QED) is 0.610. The van der Waals surface area contributed by atoms with Gasteiger partial charge in [0.15, 0.2) is 0 Å². The summed E-state index contributed by atoms with van der Waals surface area (Å²) in [6, 6.07) is 3.18. The van der Waals surface area contributed by atoms with Gasteiger partial charge in [-0.25, -0.2) is 4.53 Å². The van der Waals surface area contributed by atoms with Gasteiger partial charge >= 0.3 is 0 Å². The molecule has 1 aromatic carbocycles. The second-order valence-electron chi connectivity index (χ2n) is 2.91. The van der Waals surface area contributed by atoms with E-state index >= 15 is 0 Å². The van der Waals surface area contributed by atoms with Crippen molar-refractivity contribution in [2.75, 3.05) is 0 Å². The number of hydrogen-bond donors (Lipinski definition) is 1. The van der Waals surface area contributed by atoms with Crippen LogP contribution in [0.2, 0.25) is 5.02 Å². The van der Waals surface area contributed by atoms with Gasteiger partial charge in [-0.1, -0.05) is 11.6 Å². The minimum Gasteiger partial charge on any atom is -0.291 e. The van der Waals surface area contributed by atoms with Gasteiger partial charge in [-0.2, -0.15) is 0 Å². The number of halogens is 3. The Kier molecular flexibility index (Phi) is 2.78. The first-order chi connectivity index (χ1) is 7.09. The molecular formula is C9H5Cl3N2O. The van der Waals surface area contributed by atoms with Gasteiger partial charge in [0.2, 0.25) is 0 Å². The highest BCUT2D eigenvalue weighted by Gasteiger charge is 2.10. The van der Waals surface area contributed by atoms with Crippen molar-refractivity contribution in [3.05, 3.63) is 33.2 Å². The standard InChI is InChI=1S/C9H5Cl3N2O/c10-8-2-1-5(9(11)15)7-4-14(12)13-3-6(7)8/h1-4,13H. The second kappa shape index (κ2) is 3.93. The third-order valence-corrected chi connectivity index (χ3v) is 2.75. The summed E-state index contributed by atoms with van der Waals surface area (Å²) in [5.41, 5.74) is 3.10. The highest BCUT2D eigenvalue weighted by atomic mass is 35.5. The van der Waals surface area contributed by atoms with Crippen molar-refractivity contribution in [1.82, 2.24) is 9.95 Å². The first-order valence-electron chi connectivity index (χ1n) is 4.01. The molecular weight excluding hydrogens is 258 g/mol. The average molecular weight is 264 g/mol. The monoisotopic (exact) mass is 262 g/mol. The molecule has 0 amide bonds. The number of nitrogens with one attached hydrogen (secondary N) is 1. The van der Waals surface area contributed by atoms with E-state index in [4.69, 9.17) is 35.0 Å². The smallest absolute Gasteiger partial charge is 0.253 e. The fraction of sp³-hybridized carbons (Fsp3) is 0. The van der Waals surface area contributed by atoms with Crippen LogP contribution in [0.25, 0.3) is 12.4 Å². The Morgan fingerprint density at radius 1 is 1.33 bits per heavy atom. The van der Waals surface area contributed by atoms with E-state index in [0.29, 0.717) is 21.0 Å². The van der Waals surface area contributed by atoms with E-state index in [2.05, 4.69) is 5.43 Å². The Morgan fingerprint density at radius 3 is 2.73 bits per heavy atom. The van der Waals surface area contributed by atoms with Crippen molar-refractivity contribution in [1.29, 1.82) is 0 Å². The van der Waals surface area contributed by atoms with Crippen molar-refractivity contribution < 1.29 is 4.79 Å². The van der Waals surface area contributed by atoms with E-state index in [9.17, 15) is 4.79 Å². The molecule has 3 nitrogen and oxygen atoms in total. The average Bonchev–Trinajstić information content (AvgIpc) is 2.17. The molecule has 78 valence electrons. The second-order valence-corrected chi connectivity index (χ2v) is 4.02. The summed E-state index contributed by atoms with van der Waals surface area (Å²) < 4.78 is 1.20. The van der Waals surface area contributed by atoms with Crippen molar-refractivity contribution in [2.45, 2.75) is 0 Å². The first-order valence-corrected chi connectivity index (χ1v) is 5.10. The van der Waals surface area contributed by atoms with Crippen molar-refractivity contribution in [3.8, 4) is 0 Å². The van der Waals surface area contributed by atoms with E-state index in [-0.39, 0.29) is 0 Å². The molecule has 2 rings (SSSR count).